The lowest BCUT2D eigenvalue weighted by molar-refractivity contribution is -0.596. The van der Waals surface area contributed by atoms with Crippen molar-refractivity contribution in [3.8, 4) is 11.4 Å². The summed E-state index contributed by atoms with van der Waals surface area (Å²) in [5.41, 5.74) is 14.5. The van der Waals surface area contributed by atoms with Gasteiger partial charge in [0, 0.05) is 5.69 Å². The Labute approximate surface area is 215 Å². The fraction of sp³-hybridized carbons (Fsp3) is 0.290. The molecule has 3 nitrogen and oxygen atoms in total. The summed E-state index contributed by atoms with van der Waals surface area (Å²) in [7, 11) is 0. The second kappa shape index (κ2) is 9.43. The summed E-state index contributed by atoms with van der Waals surface area (Å²) >= 11 is 6.16. The second-order valence-electron chi connectivity index (χ2n) is 10.1. The lowest BCUT2D eigenvalue weighted by atomic mass is 10.0. The lowest BCUT2D eigenvalue weighted by Gasteiger charge is -2.16. The molecule has 0 aliphatic heterocycles. The van der Waals surface area contributed by atoms with Crippen molar-refractivity contribution in [2.75, 3.05) is 5.32 Å². The molecule has 1 heterocycles. The molecule has 0 saturated carbocycles. The molecule has 0 fully saturated rings. The van der Waals surface area contributed by atoms with Gasteiger partial charge in [0.15, 0.2) is 4.99 Å². The summed E-state index contributed by atoms with van der Waals surface area (Å²) in [5, 5.41) is 3.62. The number of benzene rings is 3. The molecule has 4 heteroatoms. The molecule has 35 heavy (non-hydrogen) atoms. The van der Waals surface area contributed by atoms with Crippen LogP contribution in [-0.2, 0) is 0 Å². The number of nitrogens with one attached hydrogen (secondary N) is 1. The summed E-state index contributed by atoms with van der Waals surface area (Å²) < 4.78 is 4.49. The Hall–Kier alpha value is -3.24. The molecule has 0 amide bonds. The quantitative estimate of drug-likeness (QED) is 0.243. The van der Waals surface area contributed by atoms with E-state index in [4.69, 9.17) is 12.2 Å². The molecule has 1 N–H and O–H groups in total. The Kier molecular flexibility index (Phi) is 6.70. The summed E-state index contributed by atoms with van der Waals surface area (Å²) in [4.78, 5) is 0.698. The second-order valence-corrected chi connectivity index (χ2v) is 10.5. The van der Waals surface area contributed by atoms with Crippen LogP contribution in [0.25, 0.3) is 11.4 Å². The normalized spacial score (nSPS) is 11.1. The highest BCUT2D eigenvalue weighted by molar-refractivity contribution is 7.81. The monoisotopic (exact) mass is 482 g/mol. The SMILES string of the molecule is Cc1cc(C)c(NC(=S)c2n(-c3c(C)cc(C)cc3C)cc[n+]2-c2c(C)cc(C)cc2C)c(C)c1. The largest absolute Gasteiger partial charge is 0.339 e. The zero-order valence-corrected chi connectivity index (χ0v) is 23.2. The minimum atomic E-state index is 0.698. The van der Waals surface area contributed by atoms with Crippen LogP contribution in [0.4, 0.5) is 5.69 Å². The fourth-order valence-corrected chi connectivity index (χ4v) is 5.92. The third kappa shape index (κ3) is 4.68. The van der Waals surface area contributed by atoms with Gasteiger partial charge in [-0.1, -0.05) is 65.3 Å². The number of hydrogen-bond acceptors (Lipinski definition) is 1. The van der Waals surface area contributed by atoms with Gasteiger partial charge in [0.1, 0.15) is 23.8 Å². The van der Waals surface area contributed by atoms with Crippen molar-refractivity contribution in [3.63, 3.8) is 0 Å². The first-order valence-corrected chi connectivity index (χ1v) is 12.6. The molecule has 1 aromatic heterocycles. The van der Waals surface area contributed by atoms with E-state index < -0.39 is 0 Å². The predicted molar refractivity (Wildman–Crippen MR) is 152 cm³/mol. The fourth-order valence-electron chi connectivity index (χ4n) is 5.62. The summed E-state index contributed by atoms with van der Waals surface area (Å²) in [5.74, 6) is 0.949. The van der Waals surface area contributed by atoms with E-state index in [2.05, 4.69) is 126 Å². The third-order valence-electron chi connectivity index (χ3n) is 6.69. The van der Waals surface area contributed by atoms with Crippen LogP contribution in [0.5, 0.6) is 0 Å². The molecule has 4 aromatic rings. The van der Waals surface area contributed by atoms with E-state index in [-0.39, 0.29) is 0 Å². The van der Waals surface area contributed by atoms with E-state index in [0.29, 0.717) is 4.99 Å². The van der Waals surface area contributed by atoms with Crippen molar-refractivity contribution >= 4 is 22.9 Å². The van der Waals surface area contributed by atoms with E-state index in [1.54, 1.807) is 0 Å². The highest BCUT2D eigenvalue weighted by Crippen LogP contribution is 2.27. The van der Waals surface area contributed by atoms with Crippen LogP contribution in [-0.4, -0.2) is 9.56 Å². The van der Waals surface area contributed by atoms with Crippen molar-refractivity contribution < 1.29 is 4.57 Å². The average molecular weight is 483 g/mol. The van der Waals surface area contributed by atoms with Crippen LogP contribution in [0.3, 0.4) is 0 Å². The minimum Gasteiger partial charge on any atom is -0.339 e. The maximum atomic E-state index is 6.16. The minimum absolute atomic E-state index is 0.698. The van der Waals surface area contributed by atoms with Gasteiger partial charge in [-0.2, -0.15) is 9.13 Å². The lowest BCUT2D eigenvalue weighted by Crippen LogP contribution is -2.40. The Morgan fingerprint density at radius 3 is 1.57 bits per heavy atom. The Morgan fingerprint density at radius 2 is 1.09 bits per heavy atom. The van der Waals surface area contributed by atoms with E-state index in [1.807, 2.05) is 0 Å². The summed E-state index contributed by atoms with van der Waals surface area (Å²) in [6.07, 6.45) is 4.28. The molecule has 0 aliphatic carbocycles. The molecule has 4 rings (SSSR count). The first-order chi connectivity index (χ1) is 16.5. The van der Waals surface area contributed by atoms with Gasteiger partial charge < -0.3 is 5.32 Å². The smallest absolute Gasteiger partial charge is 0.327 e. The third-order valence-corrected chi connectivity index (χ3v) is 6.98. The van der Waals surface area contributed by atoms with Gasteiger partial charge in [-0.25, -0.2) is 0 Å². The number of hydrogen-bond donors (Lipinski definition) is 1. The highest BCUT2D eigenvalue weighted by atomic mass is 32.1. The molecule has 0 unspecified atom stereocenters. The van der Waals surface area contributed by atoms with Gasteiger partial charge in [-0.05, 0) is 95.7 Å². The average Bonchev–Trinajstić information content (AvgIpc) is 3.13. The number of nitrogens with zero attached hydrogens (tertiary/aromatic N) is 2. The van der Waals surface area contributed by atoms with Crippen molar-refractivity contribution in [1.29, 1.82) is 0 Å². The zero-order valence-electron chi connectivity index (χ0n) is 22.4. The van der Waals surface area contributed by atoms with Gasteiger partial charge in [0.05, 0.1) is 0 Å². The number of rotatable bonds is 4. The van der Waals surface area contributed by atoms with Crippen LogP contribution in [0, 0.1) is 62.3 Å². The standard InChI is InChI=1S/C31H35N3S/c1-18-12-21(4)27(22(5)13-18)32-30(35)31-33(28-23(6)14-19(2)15-24(28)7)10-11-34(31)29-25(8)16-20(3)17-26(29)9/h10-17H,1-9H3/p+1. The van der Waals surface area contributed by atoms with Crippen molar-refractivity contribution in [2.24, 2.45) is 0 Å². The maximum absolute atomic E-state index is 6.16. The molecule has 0 atom stereocenters. The number of imidazole rings is 1. The number of aromatic nitrogens is 2. The van der Waals surface area contributed by atoms with Crippen LogP contribution in [0.15, 0.2) is 48.8 Å². The molecule has 0 spiro atoms. The highest BCUT2D eigenvalue weighted by Gasteiger charge is 2.29. The van der Waals surface area contributed by atoms with Crippen molar-refractivity contribution in [3.05, 3.63) is 105 Å². The van der Waals surface area contributed by atoms with Crippen LogP contribution in [0.1, 0.15) is 55.9 Å². The van der Waals surface area contributed by atoms with Gasteiger partial charge in [0.2, 0.25) is 0 Å². The predicted octanol–water partition coefficient (Wildman–Crippen LogP) is 7.32. The van der Waals surface area contributed by atoms with Crippen molar-refractivity contribution in [2.45, 2.75) is 62.3 Å². The number of aryl methyl sites for hydroxylation is 9. The van der Waals surface area contributed by atoms with Gasteiger partial charge >= 0.3 is 5.82 Å². The number of thiocarbonyl (C=S) groups is 1. The molecule has 0 aliphatic rings. The molecule has 3 aromatic carbocycles. The first-order valence-electron chi connectivity index (χ1n) is 12.2. The van der Waals surface area contributed by atoms with Crippen molar-refractivity contribution in [1.82, 2.24) is 4.57 Å². The van der Waals surface area contributed by atoms with Crippen LogP contribution < -0.4 is 9.88 Å². The van der Waals surface area contributed by atoms with Crippen LogP contribution in [0.2, 0.25) is 0 Å². The summed E-state index contributed by atoms with van der Waals surface area (Å²) in [6, 6.07) is 13.4. The molecule has 0 radical (unpaired) electrons. The Morgan fingerprint density at radius 1 is 0.657 bits per heavy atom. The van der Waals surface area contributed by atoms with Gasteiger partial charge in [-0.3, -0.25) is 0 Å². The van der Waals surface area contributed by atoms with Gasteiger partial charge in [0.25, 0.3) is 0 Å². The molecule has 180 valence electrons. The van der Waals surface area contributed by atoms with E-state index in [1.165, 1.54) is 61.4 Å². The molecule has 0 bridgehead atoms. The Balaban J connectivity index is 1.97. The van der Waals surface area contributed by atoms with Crippen LogP contribution >= 0.6 is 12.2 Å². The first kappa shape index (κ1) is 24.9. The zero-order chi connectivity index (χ0) is 25.6. The van der Waals surface area contributed by atoms with E-state index >= 15 is 0 Å². The van der Waals surface area contributed by atoms with E-state index in [9.17, 15) is 0 Å². The molecular weight excluding hydrogens is 446 g/mol. The molecular formula is C31H36N3S+. The maximum Gasteiger partial charge on any atom is 0.327 e. The van der Waals surface area contributed by atoms with Gasteiger partial charge in [-0.15, -0.1) is 0 Å². The van der Waals surface area contributed by atoms with E-state index in [0.717, 1.165) is 11.5 Å². The number of anilines is 1. The molecule has 0 saturated heterocycles. The topological polar surface area (TPSA) is 20.8 Å². The summed E-state index contributed by atoms with van der Waals surface area (Å²) in [6.45, 7) is 19.4. The Bertz CT molecular complexity index is 1330.